The van der Waals surface area contributed by atoms with Crippen LogP contribution in [0.1, 0.15) is 26.5 Å². The molecule has 5 heteroatoms. The van der Waals surface area contributed by atoms with Crippen LogP contribution in [0.15, 0.2) is 33.5 Å². The summed E-state index contributed by atoms with van der Waals surface area (Å²) in [5, 5.41) is 3.33. The molecule has 0 radical (unpaired) electrons. The molecule has 0 aliphatic carbocycles. The number of rotatable bonds is 3. The Balaban J connectivity index is 2.26. The van der Waals surface area contributed by atoms with Crippen molar-refractivity contribution in [2.45, 2.75) is 32.9 Å². The summed E-state index contributed by atoms with van der Waals surface area (Å²) in [4.78, 5) is 4.18. The summed E-state index contributed by atoms with van der Waals surface area (Å²) in [6.45, 7) is 6.80. The molecule has 1 aromatic carbocycles. The van der Waals surface area contributed by atoms with Gasteiger partial charge in [0.2, 0.25) is 0 Å². The molecule has 0 bridgehead atoms. The second-order valence-corrected chi connectivity index (χ2v) is 6.21. The molecule has 1 N–H and O–H groups in total. The van der Waals surface area contributed by atoms with Gasteiger partial charge in [-0.1, -0.05) is 0 Å². The summed E-state index contributed by atoms with van der Waals surface area (Å²) < 4.78 is 19.4. The number of hydrogen-bond donors (Lipinski definition) is 1. The molecule has 0 aliphatic heterocycles. The quantitative estimate of drug-likeness (QED) is 0.921. The van der Waals surface area contributed by atoms with Crippen LogP contribution in [0.25, 0.3) is 11.3 Å². The van der Waals surface area contributed by atoms with Crippen LogP contribution in [-0.2, 0) is 6.54 Å². The number of halogens is 2. The molecule has 0 fully saturated rings. The maximum atomic E-state index is 13.6. The molecule has 2 aromatic rings. The summed E-state index contributed by atoms with van der Waals surface area (Å²) in [7, 11) is 0. The van der Waals surface area contributed by atoms with E-state index in [1.165, 1.54) is 12.5 Å². The van der Waals surface area contributed by atoms with Gasteiger partial charge in [0.1, 0.15) is 11.5 Å². The summed E-state index contributed by atoms with van der Waals surface area (Å²) in [6.07, 6.45) is 1.38. The smallest absolute Gasteiger partial charge is 0.181 e. The first-order valence-electron chi connectivity index (χ1n) is 5.99. The van der Waals surface area contributed by atoms with E-state index in [1.807, 2.05) is 0 Å². The number of aromatic nitrogens is 1. The Morgan fingerprint density at radius 2 is 2.11 bits per heavy atom. The number of nitrogens with zero attached hydrogens (tertiary/aromatic N) is 1. The van der Waals surface area contributed by atoms with Gasteiger partial charge < -0.3 is 9.73 Å². The fourth-order valence-corrected chi connectivity index (χ4v) is 1.86. The van der Waals surface area contributed by atoms with Crippen molar-refractivity contribution in [1.82, 2.24) is 10.3 Å². The summed E-state index contributed by atoms with van der Waals surface area (Å²) in [6, 6.07) is 4.90. The zero-order valence-electron chi connectivity index (χ0n) is 11.1. The highest BCUT2D eigenvalue weighted by molar-refractivity contribution is 9.10. The first kappa shape index (κ1) is 14.2. The fraction of sp³-hybridized carbons (Fsp3) is 0.357. The predicted octanol–water partition coefficient (Wildman–Crippen LogP) is 4.13. The normalized spacial score (nSPS) is 11.8. The van der Waals surface area contributed by atoms with Crippen LogP contribution in [-0.4, -0.2) is 10.5 Å². The lowest BCUT2D eigenvalue weighted by atomic mass is 10.1. The van der Waals surface area contributed by atoms with E-state index in [1.54, 1.807) is 12.1 Å². The lowest BCUT2D eigenvalue weighted by Gasteiger charge is -2.19. The Morgan fingerprint density at radius 3 is 2.74 bits per heavy atom. The van der Waals surface area contributed by atoms with Crippen molar-refractivity contribution in [2.24, 2.45) is 0 Å². The fourth-order valence-electron chi connectivity index (χ4n) is 1.62. The van der Waals surface area contributed by atoms with E-state index < -0.39 is 0 Å². The minimum atomic E-state index is -0.316. The van der Waals surface area contributed by atoms with E-state index in [0.717, 1.165) is 5.69 Å². The van der Waals surface area contributed by atoms with Crippen molar-refractivity contribution in [2.75, 3.05) is 0 Å². The standard InChI is InChI=1S/C14H16BrFN2O/c1-14(2,3)18-7-12-13(19-8-17-12)9-4-5-10(15)11(16)6-9/h4-6,8,18H,7H2,1-3H3. The molecule has 0 saturated heterocycles. The molecule has 19 heavy (non-hydrogen) atoms. The lowest BCUT2D eigenvalue weighted by Crippen LogP contribution is -2.35. The van der Waals surface area contributed by atoms with Gasteiger partial charge in [-0.05, 0) is 54.9 Å². The summed E-state index contributed by atoms with van der Waals surface area (Å²) in [5.74, 6) is 0.284. The molecule has 0 saturated carbocycles. The van der Waals surface area contributed by atoms with Gasteiger partial charge in [-0.2, -0.15) is 0 Å². The minimum absolute atomic E-state index is 0.0127. The van der Waals surface area contributed by atoms with Gasteiger partial charge in [0, 0.05) is 17.6 Å². The maximum Gasteiger partial charge on any atom is 0.181 e. The third kappa shape index (κ3) is 3.64. The molecule has 1 aromatic heterocycles. The molecule has 3 nitrogen and oxygen atoms in total. The molecule has 0 spiro atoms. The van der Waals surface area contributed by atoms with Crippen molar-refractivity contribution >= 4 is 15.9 Å². The van der Waals surface area contributed by atoms with Crippen LogP contribution in [0.2, 0.25) is 0 Å². The monoisotopic (exact) mass is 326 g/mol. The topological polar surface area (TPSA) is 38.1 Å². The summed E-state index contributed by atoms with van der Waals surface area (Å²) in [5.41, 5.74) is 1.45. The SMILES string of the molecule is CC(C)(C)NCc1ncoc1-c1ccc(Br)c(F)c1. The highest BCUT2D eigenvalue weighted by Crippen LogP contribution is 2.27. The Kier molecular flexibility index (Phi) is 4.06. The van der Waals surface area contributed by atoms with Gasteiger partial charge in [-0.25, -0.2) is 9.37 Å². The van der Waals surface area contributed by atoms with E-state index in [-0.39, 0.29) is 11.4 Å². The van der Waals surface area contributed by atoms with E-state index in [0.29, 0.717) is 22.3 Å². The van der Waals surface area contributed by atoms with E-state index >= 15 is 0 Å². The average Bonchev–Trinajstić information content (AvgIpc) is 2.77. The Labute approximate surface area is 120 Å². The molecule has 102 valence electrons. The van der Waals surface area contributed by atoms with Crippen LogP contribution in [0.3, 0.4) is 0 Å². The first-order valence-corrected chi connectivity index (χ1v) is 6.79. The molecule has 0 aliphatic rings. The van der Waals surface area contributed by atoms with Crippen LogP contribution in [0.5, 0.6) is 0 Å². The number of oxazole rings is 1. The van der Waals surface area contributed by atoms with Crippen molar-refractivity contribution in [3.63, 3.8) is 0 Å². The zero-order valence-corrected chi connectivity index (χ0v) is 12.7. The number of hydrogen-bond acceptors (Lipinski definition) is 3. The first-order chi connectivity index (χ1) is 8.87. The molecular weight excluding hydrogens is 311 g/mol. The van der Waals surface area contributed by atoms with Crippen molar-refractivity contribution in [3.8, 4) is 11.3 Å². The van der Waals surface area contributed by atoms with Crippen molar-refractivity contribution in [1.29, 1.82) is 0 Å². The molecule has 0 amide bonds. The molecule has 0 atom stereocenters. The van der Waals surface area contributed by atoms with Gasteiger partial charge in [0.25, 0.3) is 0 Å². The van der Waals surface area contributed by atoms with Crippen LogP contribution in [0.4, 0.5) is 4.39 Å². The summed E-state index contributed by atoms with van der Waals surface area (Å²) >= 11 is 3.13. The van der Waals surface area contributed by atoms with Crippen LogP contribution < -0.4 is 5.32 Å². The molecular formula is C14H16BrFN2O. The molecule has 1 heterocycles. The predicted molar refractivity (Wildman–Crippen MR) is 76.2 cm³/mol. The van der Waals surface area contributed by atoms with Crippen molar-refractivity contribution < 1.29 is 8.81 Å². The lowest BCUT2D eigenvalue weighted by molar-refractivity contribution is 0.421. The van der Waals surface area contributed by atoms with Gasteiger partial charge in [-0.3, -0.25) is 0 Å². The van der Waals surface area contributed by atoms with Gasteiger partial charge in [0.05, 0.1) is 4.47 Å². The van der Waals surface area contributed by atoms with Crippen LogP contribution in [0, 0.1) is 5.82 Å². The van der Waals surface area contributed by atoms with Crippen molar-refractivity contribution in [3.05, 3.63) is 40.6 Å². The Bertz CT molecular complexity index is 575. The largest absolute Gasteiger partial charge is 0.443 e. The number of nitrogens with one attached hydrogen (secondary N) is 1. The zero-order chi connectivity index (χ0) is 14.0. The van der Waals surface area contributed by atoms with E-state index in [4.69, 9.17) is 4.42 Å². The van der Waals surface area contributed by atoms with Crippen LogP contribution >= 0.6 is 15.9 Å². The number of benzene rings is 1. The average molecular weight is 327 g/mol. The molecule has 0 unspecified atom stereocenters. The highest BCUT2D eigenvalue weighted by atomic mass is 79.9. The second-order valence-electron chi connectivity index (χ2n) is 5.36. The molecule has 2 rings (SSSR count). The Hall–Kier alpha value is -1.20. The minimum Gasteiger partial charge on any atom is -0.443 e. The van der Waals surface area contributed by atoms with E-state index in [2.05, 4.69) is 47.0 Å². The third-order valence-corrected chi connectivity index (χ3v) is 3.25. The van der Waals surface area contributed by atoms with E-state index in [9.17, 15) is 4.39 Å². The Morgan fingerprint density at radius 1 is 1.37 bits per heavy atom. The maximum absolute atomic E-state index is 13.6. The third-order valence-electron chi connectivity index (χ3n) is 2.61. The second kappa shape index (κ2) is 5.43. The van der Waals surface area contributed by atoms with Gasteiger partial charge >= 0.3 is 0 Å². The van der Waals surface area contributed by atoms with Gasteiger partial charge in [-0.15, -0.1) is 0 Å². The van der Waals surface area contributed by atoms with Gasteiger partial charge in [0.15, 0.2) is 12.2 Å². The highest BCUT2D eigenvalue weighted by Gasteiger charge is 2.15.